The number of hydrogen-bond acceptors (Lipinski definition) is 2. The fraction of sp³-hybridized carbons (Fsp3) is 0.400. The van der Waals surface area contributed by atoms with Gasteiger partial charge in [0.25, 0.3) is 5.69 Å². The second-order valence-corrected chi connectivity index (χ2v) is 3.82. The molecule has 1 aromatic rings. The number of hydrogen-bond donors (Lipinski definition) is 0. The van der Waals surface area contributed by atoms with Crippen LogP contribution in [-0.4, -0.2) is 10.3 Å². The lowest BCUT2D eigenvalue weighted by Crippen LogP contribution is -1.95. The molecule has 0 aliphatic carbocycles. The number of halogens is 1. The summed E-state index contributed by atoms with van der Waals surface area (Å²) < 4.78 is 0. The number of aryl methyl sites for hydroxylation is 1. The monoisotopic (exact) mass is 257 g/mol. The van der Waals surface area contributed by atoms with Crippen LogP contribution in [0.15, 0.2) is 24.3 Å². The highest BCUT2D eigenvalue weighted by Gasteiger charge is 2.10. The number of para-hydroxylation sites is 1. The van der Waals surface area contributed by atoms with Gasteiger partial charge in [-0.3, -0.25) is 10.1 Å². The molecule has 1 rings (SSSR count). The molecule has 0 unspecified atom stereocenters. The van der Waals surface area contributed by atoms with E-state index in [1.165, 1.54) is 0 Å². The molecular formula is C10H12BrNO2. The van der Waals surface area contributed by atoms with Crippen molar-refractivity contribution in [2.24, 2.45) is 0 Å². The minimum Gasteiger partial charge on any atom is -0.258 e. The molecule has 0 spiro atoms. The largest absolute Gasteiger partial charge is 0.272 e. The first-order chi connectivity index (χ1) is 6.75. The van der Waals surface area contributed by atoms with Crippen molar-refractivity contribution >= 4 is 21.6 Å². The molecule has 0 aromatic heterocycles. The maximum Gasteiger partial charge on any atom is 0.272 e. The summed E-state index contributed by atoms with van der Waals surface area (Å²) in [5.41, 5.74) is 1.07. The van der Waals surface area contributed by atoms with E-state index in [9.17, 15) is 10.1 Å². The number of benzene rings is 1. The van der Waals surface area contributed by atoms with E-state index in [2.05, 4.69) is 15.9 Å². The van der Waals surface area contributed by atoms with Gasteiger partial charge in [-0.1, -0.05) is 34.1 Å². The smallest absolute Gasteiger partial charge is 0.258 e. The molecule has 14 heavy (non-hydrogen) atoms. The van der Waals surface area contributed by atoms with E-state index in [0.717, 1.165) is 30.2 Å². The first-order valence-electron chi connectivity index (χ1n) is 4.54. The summed E-state index contributed by atoms with van der Waals surface area (Å²) >= 11 is 3.34. The Balaban J connectivity index is 2.69. The molecule has 0 aliphatic heterocycles. The Morgan fingerprint density at radius 3 is 2.64 bits per heavy atom. The molecule has 0 N–H and O–H groups in total. The summed E-state index contributed by atoms with van der Waals surface area (Å²) in [5.74, 6) is 0. The van der Waals surface area contributed by atoms with Crippen LogP contribution < -0.4 is 0 Å². The number of nitrogens with zero attached hydrogens (tertiary/aromatic N) is 1. The molecule has 76 valence electrons. The van der Waals surface area contributed by atoms with E-state index in [-0.39, 0.29) is 10.6 Å². The molecule has 0 saturated carbocycles. The van der Waals surface area contributed by atoms with Crippen molar-refractivity contribution in [1.29, 1.82) is 0 Å². The number of alkyl halides is 1. The lowest BCUT2D eigenvalue weighted by molar-refractivity contribution is -0.385. The van der Waals surface area contributed by atoms with Gasteiger partial charge < -0.3 is 0 Å². The zero-order valence-electron chi connectivity index (χ0n) is 7.78. The van der Waals surface area contributed by atoms with Crippen molar-refractivity contribution in [3.05, 3.63) is 39.9 Å². The maximum absolute atomic E-state index is 10.7. The van der Waals surface area contributed by atoms with Crippen LogP contribution in [0.1, 0.15) is 18.4 Å². The van der Waals surface area contributed by atoms with Crippen LogP contribution in [0.2, 0.25) is 0 Å². The van der Waals surface area contributed by atoms with Crippen LogP contribution in [0, 0.1) is 10.1 Å². The van der Waals surface area contributed by atoms with Gasteiger partial charge in [0.05, 0.1) is 4.92 Å². The van der Waals surface area contributed by atoms with Crippen LogP contribution in [0.5, 0.6) is 0 Å². The number of rotatable bonds is 5. The topological polar surface area (TPSA) is 43.1 Å². The average molecular weight is 258 g/mol. The van der Waals surface area contributed by atoms with Gasteiger partial charge in [-0.2, -0.15) is 0 Å². The molecule has 0 bridgehead atoms. The van der Waals surface area contributed by atoms with Crippen LogP contribution in [0.3, 0.4) is 0 Å². The van der Waals surface area contributed by atoms with E-state index >= 15 is 0 Å². The highest BCUT2D eigenvalue weighted by Crippen LogP contribution is 2.19. The third-order valence-corrected chi connectivity index (χ3v) is 2.58. The highest BCUT2D eigenvalue weighted by atomic mass is 79.9. The maximum atomic E-state index is 10.7. The number of nitro benzene ring substituents is 1. The molecule has 3 nitrogen and oxygen atoms in total. The molecule has 4 heteroatoms. The third kappa shape index (κ3) is 3.10. The Morgan fingerprint density at radius 1 is 1.29 bits per heavy atom. The molecule has 0 saturated heterocycles. The van der Waals surface area contributed by atoms with Gasteiger partial charge in [0.15, 0.2) is 0 Å². The molecule has 0 heterocycles. The van der Waals surface area contributed by atoms with Crippen molar-refractivity contribution in [3.8, 4) is 0 Å². The molecule has 0 radical (unpaired) electrons. The molecule has 0 aliphatic rings. The Hall–Kier alpha value is -0.900. The quantitative estimate of drug-likeness (QED) is 0.352. The van der Waals surface area contributed by atoms with E-state index in [0.29, 0.717) is 0 Å². The first-order valence-corrected chi connectivity index (χ1v) is 5.66. The van der Waals surface area contributed by atoms with Gasteiger partial charge in [-0.15, -0.1) is 0 Å². The van der Waals surface area contributed by atoms with Crippen molar-refractivity contribution in [2.75, 3.05) is 5.33 Å². The zero-order chi connectivity index (χ0) is 10.4. The lowest BCUT2D eigenvalue weighted by atomic mass is 10.1. The molecule has 1 aromatic carbocycles. The van der Waals surface area contributed by atoms with E-state index in [4.69, 9.17) is 0 Å². The van der Waals surface area contributed by atoms with Crippen LogP contribution >= 0.6 is 15.9 Å². The Bertz CT molecular complexity index is 315. The molecule has 0 atom stereocenters. The summed E-state index contributed by atoms with van der Waals surface area (Å²) in [7, 11) is 0. The van der Waals surface area contributed by atoms with Crippen molar-refractivity contribution in [1.82, 2.24) is 0 Å². The van der Waals surface area contributed by atoms with Crippen LogP contribution in [0.25, 0.3) is 0 Å². The standard InChI is InChI=1S/C10H12BrNO2/c11-8-4-3-6-9-5-1-2-7-10(9)12(13)14/h1-2,5,7H,3-4,6,8H2. The Morgan fingerprint density at radius 2 is 2.00 bits per heavy atom. The van der Waals surface area contributed by atoms with Crippen LogP contribution in [0.4, 0.5) is 5.69 Å². The van der Waals surface area contributed by atoms with Crippen molar-refractivity contribution in [3.63, 3.8) is 0 Å². The zero-order valence-corrected chi connectivity index (χ0v) is 9.37. The molecular weight excluding hydrogens is 246 g/mol. The summed E-state index contributed by atoms with van der Waals surface area (Å²) in [6.07, 6.45) is 2.81. The lowest BCUT2D eigenvalue weighted by Gasteiger charge is -2.01. The fourth-order valence-corrected chi connectivity index (χ4v) is 1.71. The highest BCUT2D eigenvalue weighted by molar-refractivity contribution is 9.09. The summed E-state index contributed by atoms with van der Waals surface area (Å²) in [5, 5.41) is 11.6. The summed E-state index contributed by atoms with van der Waals surface area (Å²) in [4.78, 5) is 10.3. The van der Waals surface area contributed by atoms with Gasteiger partial charge in [0, 0.05) is 17.0 Å². The van der Waals surface area contributed by atoms with E-state index < -0.39 is 0 Å². The van der Waals surface area contributed by atoms with E-state index in [1.807, 2.05) is 12.1 Å². The SMILES string of the molecule is O=[N+]([O-])c1ccccc1CCCCBr. The summed E-state index contributed by atoms with van der Waals surface area (Å²) in [6.45, 7) is 0. The molecule has 0 fully saturated rings. The fourth-order valence-electron chi connectivity index (χ4n) is 1.31. The second-order valence-electron chi connectivity index (χ2n) is 3.03. The Kier molecular flexibility index (Phi) is 4.59. The van der Waals surface area contributed by atoms with Gasteiger partial charge >= 0.3 is 0 Å². The minimum absolute atomic E-state index is 0.238. The number of unbranched alkanes of at least 4 members (excludes halogenated alkanes) is 1. The predicted octanol–water partition coefficient (Wildman–Crippen LogP) is 3.31. The Labute approximate surface area is 91.4 Å². The van der Waals surface area contributed by atoms with Gasteiger partial charge in [0.2, 0.25) is 0 Å². The van der Waals surface area contributed by atoms with E-state index in [1.54, 1.807) is 12.1 Å². The summed E-state index contributed by atoms with van der Waals surface area (Å²) in [6, 6.07) is 6.93. The average Bonchev–Trinajstić information content (AvgIpc) is 2.19. The predicted molar refractivity (Wildman–Crippen MR) is 59.8 cm³/mol. The first kappa shape index (κ1) is 11.2. The molecule has 0 amide bonds. The van der Waals surface area contributed by atoms with Gasteiger partial charge in [-0.25, -0.2) is 0 Å². The third-order valence-electron chi connectivity index (χ3n) is 2.02. The minimum atomic E-state index is -0.316. The van der Waals surface area contributed by atoms with Crippen molar-refractivity contribution in [2.45, 2.75) is 19.3 Å². The number of nitro groups is 1. The normalized spacial score (nSPS) is 10.1. The second kappa shape index (κ2) is 5.75. The van der Waals surface area contributed by atoms with Crippen molar-refractivity contribution < 1.29 is 4.92 Å². The van der Waals surface area contributed by atoms with Gasteiger partial charge in [0.1, 0.15) is 0 Å². The van der Waals surface area contributed by atoms with Gasteiger partial charge in [-0.05, 0) is 19.3 Å². The van der Waals surface area contributed by atoms with Crippen LogP contribution in [-0.2, 0) is 6.42 Å².